The lowest BCUT2D eigenvalue weighted by Crippen LogP contribution is -2.25. The van der Waals surface area contributed by atoms with E-state index in [9.17, 15) is 18.3 Å². The number of sulfonamides is 1. The molecule has 1 fully saturated rings. The Morgan fingerprint density at radius 1 is 1.14 bits per heavy atom. The number of nitrogens with two attached hydrogens (primary N) is 1. The van der Waals surface area contributed by atoms with E-state index < -0.39 is 15.9 Å². The van der Waals surface area contributed by atoms with Crippen LogP contribution in [0.5, 0.6) is 5.75 Å². The second kappa shape index (κ2) is 8.22. The number of rotatable bonds is 6. The number of hydrogen-bond donors (Lipinski definition) is 2. The molecule has 0 radical (unpaired) electrons. The van der Waals surface area contributed by atoms with Gasteiger partial charge in [-0.1, -0.05) is 37.5 Å². The Balaban J connectivity index is 2.06. The van der Waals surface area contributed by atoms with Gasteiger partial charge in [-0.05, 0) is 54.2 Å². The highest BCUT2D eigenvalue weighted by molar-refractivity contribution is 7.92. The Labute approximate surface area is 166 Å². The zero-order valence-electron chi connectivity index (χ0n) is 16.0. The fourth-order valence-electron chi connectivity index (χ4n) is 3.89. The summed E-state index contributed by atoms with van der Waals surface area (Å²) >= 11 is 0. The normalized spacial score (nSPS) is 15.3. The minimum atomic E-state index is -3.73. The Hall–Kier alpha value is -2.54. The summed E-state index contributed by atoms with van der Waals surface area (Å²) in [6.07, 6.45) is 6.87. The third-order valence-electron chi connectivity index (χ3n) is 5.15. The Morgan fingerprint density at radius 2 is 1.86 bits per heavy atom. The largest absolute Gasteiger partial charge is 0.506 e. The third-order valence-corrected chi connectivity index (χ3v) is 6.22. The lowest BCUT2D eigenvalue weighted by Gasteiger charge is -2.26. The fourth-order valence-corrected chi connectivity index (χ4v) is 4.89. The Morgan fingerprint density at radius 3 is 2.50 bits per heavy atom. The standard InChI is InChI=1S/C21H26N2O4S/c1-28(26,27)23(19-12-15(13-21(22)25)10-11-20(19)24)18-9-5-8-17(14-18)16-6-3-2-4-7-16/h5,8-12,14,16,24H,2-4,6-7,13H2,1H3,(H2,22,25). The topological polar surface area (TPSA) is 101 Å². The Kier molecular flexibility index (Phi) is 5.93. The van der Waals surface area contributed by atoms with Gasteiger partial charge in [0.05, 0.1) is 24.1 Å². The van der Waals surface area contributed by atoms with Crippen LogP contribution in [-0.2, 0) is 21.2 Å². The molecule has 0 aromatic heterocycles. The predicted octanol–water partition coefficient (Wildman–Crippen LogP) is 3.57. The molecule has 0 saturated heterocycles. The lowest BCUT2D eigenvalue weighted by molar-refractivity contribution is -0.117. The number of hydrogen-bond acceptors (Lipinski definition) is 4. The minimum Gasteiger partial charge on any atom is -0.506 e. The smallest absolute Gasteiger partial charge is 0.236 e. The zero-order valence-corrected chi connectivity index (χ0v) is 16.8. The summed E-state index contributed by atoms with van der Waals surface area (Å²) in [4.78, 5) is 11.2. The number of benzene rings is 2. The molecule has 150 valence electrons. The highest BCUT2D eigenvalue weighted by atomic mass is 32.2. The van der Waals surface area contributed by atoms with Crippen molar-refractivity contribution in [3.05, 3.63) is 53.6 Å². The van der Waals surface area contributed by atoms with Crippen LogP contribution in [0.4, 0.5) is 11.4 Å². The average Bonchev–Trinajstić information content (AvgIpc) is 2.64. The molecule has 1 aliphatic carbocycles. The molecule has 2 aromatic rings. The molecule has 0 heterocycles. The van der Waals surface area contributed by atoms with E-state index in [0.29, 0.717) is 17.2 Å². The van der Waals surface area contributed by atoms with E-state index in [2.05, 4.69) is 0 Å². The summed E-state index contributed by atoms with van der Waals surface area (Å²) in [5.41, 5.74) is 7.49. The summed E-state index contributed by atoms with van der Waals surface area (Å²) < 4.78 is 26.4. The summed E-state index contributed by atoms with van der Waals surface area (Å²) in [5.74, 6) is -0.284. The molecule has 1 saturated carbocycles. The lowest BCUT2D eigenvalue weighted by atomic mass is 9.84. The van der Waals surface area contributed by atoms with Crippen LogP contribution in [0.1, 0.15) is 49.1 Å². The molecule has 2 aromatic carbocycles. The zero-order chi connectivity index (χ0) is 20.3. The molecule has 1 amide bonds. The van der Waals surface area contributed by atoms with Crippen LogP contribution < -0.4 is 10.0 Å². The molecule has 7 heteroatoms. The van der Waals surface area contributed by atoms with Crippen molar-refractivity contribution >= 4 is 27.3 Å². The van der Waals surface area contributed by atoms with Crippen molar-refractivity contribution in [1.82, 2.24) is 0 Å². The molecule has 3 rings (SSSR count). The average molecular weight is 403 g/mol. The van der Waals surface area contributed by atoms with E-state index in [1.54, 1.807) is 12.1 Å². The van der Waals surface area contributed by atoms with Gasteiger partial charge < -0.3 is 10.8 Å². The van der Waals surface area contributed by atoms with E-state index in [1.165, 1.54) is 31.4 Å². The van der Waals surface area contributed by atoms with Crippen molar-refractivity contribution in [3.8, 4) is 5.75 Å². The maximum absolute atomic E-state index is 12.6. The number of amides is 1. The first-order chi connectivity index (χ1) is 13.3. The number of phenolic OH excluding ortho intramolecular Hbond substituents is 1. The first-order valence-electron chi connectivity index (χ1n) is 9.46. The van der Waals surface area contributed by atoms with Gasteiger partial charge in [-0.2, -0.15) is 0 Å². The van der Waals surface area contributed by atoms with Gasteiger partial charge >= 0.3 is 0 Å². The van der Waals surface area contributed by atoms with Crippen LogP contribution >= 0.6 is 0 Å². The van der Waals surface area contributed by atoms with Gasteiger partial charge in [0.1, 0.15) is 5.75 Å². The fraction of sp³-hybridized carbons (Fsp3) is 0.381. The molecule has 1 aliphatic rings. The van der Waals surface area contributed by atoms with Gasteiger partial charge in [-0.3, -0.25) is 4.79 Å². The van der Waals surface area contributed by atoms with Gasteiger partial charge in [0.25, 0.3) is 0 Å². The summed E-state index contributed by atoms with van der Waals surface area (Å²) in [7, 11) is -3.73. The molecule has 0 atom stereocenters. The van der Waals surface area contributed by atoms with Gasteiger partial charge in [0.2, 0.25) is 15.9 Å². The first-order valence-corrected chi connectivity index (χ1v) is 11.3. The molecule has 3 N–H and O–H groups in total. The van der Waals surface area contributed by atoms with Gasteiger partial charge in [0, 0.05) is 0 Å². The number of primary amides is 1. The van der Waals surface area contributed by atoms with Crippen LogP contribution in [0.3, 0.4) is 0 Å². The van der Waals surface area contributed by atoms with E-state index in [1.807, 2.05) is 18.2 Å². The molecule has 6 nitrogen and oxygen atoms in total. The van der Waals surface area contributed by atoms with Gasteiger partial charge in [-0.15, -0.1) is 0 Å². The van der Waals surface area contributed by atoms with Crippen LogP contribution in [0.25, 0.3) is 0 Å². The van der Waals surface area contributed by atoms with E-state index >= 15 is 0 Å². The van der Waals surface area contributed by atoms with Crippen molar-refractivity contribution in [2.24, 2.45) is 5.73 Å². The summed E-state index contributed by atoms with van der Waals surface area (Å²) in [5, 5.41) is 10.4. The van der Waals surface area contributed by atoms with Gasteiger partial charge in [0.15, 0.2) is 0 Å². The quantitative estimate of drug-likeness (QED) is 0.771. The second-order valence-corrected chi connectivity index (χ2v) is 9.25. The molecule has 0 bridgehead atoms. The number of nitrogens with zero attached hydrogens (tertiary/aromatic N) is 1. The molecular formula is C21H26N2O4S. The van der Waals surface area contributed by atoms with Crippen LogP contribution in [-0.4, -0.2) is 25.7 Å². The maximum atomic E-state index is 12.6. The van der Waals surface area contributed by atoms with E-state index in [0.717, 1.165) is 29.0 Å². The highest BCUT2D eigenvalue weighted by Gasteiger charge is 2.25. The number of carbonyl (C=O) groups is 1. The number of aromatic hydroxyl groups is 1. The monoisotopic (exact) mass is 402 g/mol. The number of anilines is 2. The minimum absolute atomic E-state index is 0.0347. The molecule has 0 unspecified atom stereocenters. The van der Waals surface area contributed by atoms with Crippen molar-refractivity contribution in [1.29, 1.82) is 0 Å². The second-order valence-electron chi connectivity index (χ2n) is 7.42. The molecule has 0 aliphatic heterocycles. The number of carbonyl (C=O) groups excluding carboxylic acids is 1. The molecular weight excluding hydrogens is 376 g/mol. The van der Waals surface area contributed by atoms with Crippen molar-refractivity contribution in [2.45, 2.75) is 44.4 Å². The first kappa shape index (κ1) is 20.2. The highest BCUT2D eigenvalue weighted by Crippen LogP contribution is 2.39. The number of phenols is 1. The third kappa shape index (κ3) is 4.65. The maximum Gasteiger partial charge on any atom is 0.236 e. The van der Waals surface area contributed by atoms with Crippen molar-refractivity contribution in [3.63, 3.8) is 0 Å². The van der Waals surface area contributed by atoms with Crippen molar-refractivity contribution in [2.75, 3.05) is 10.6 Å². The SMILES string of the molecule is CS(=O)(=O)N(c1cccc(C2CCCCC2)c1)c1cc(CC(N)=O)ccc1O. The molecule has 28 heavy (non-hydrogen) atoms. The van der Waals surface area contributed by atoms with E-state index in [4.69, 9.17) is 5.73 Å². The summed E-state index contributed by atoms with van der Waals surface area (Å²) in [6.45, 7) is 0. The van der Waals surface area contributed by atoms with Crippen LogP contribution in [0.2, 0.25) is 0 Å². The van der Waals surface area contributed by atoms with Crippen LogP contribution in [0.15, 0.2) is 42.5 Å². The van der Waals surface area contributed by atoms with Gasteiger partial charge in [-0.25, -0.2) is 12.7 Å². The Bertz CT molecular complexity index is 966. The van der Waals surface area contributed by atoms with E-state index in [-0.39, 0.29) is 17.9 Å². The summed E-state index contributed by atoms with van der Waals surface area (Å²) in [6, 6.07) is 11.9. The predicted molar refractivity (Wildman–Crippen MR) is 110 cm³/mol. The molecule has 0 spiro atoms. The van der Waals surface area contributed by atoms with Crippen molar-refractivity contribution < 1.29 is 18.3 Å². The van der Waals surface area contributed by atoms with Crippen LogP contribution in [0, 0.1) is 0 Å².